The van der Waals surface area contributed by atoms with Crippen LogP contribution in [0.2, 0.25) is 0 Å². The number of hydrogen-bond donors (Lipinski definition) is 2. The van der Waals surface area contributed by atoms with Crippen molar-refractivity contribution in [2.24, 2.45) is 0 Å². The molecule has 2 heteroatoms. The van der Waals surface area contributed by atoms with Crippen LogP contribution in [0.1, 0.15) is 58.8 Å². The third-order valence-corrected chi connectivity index (χ3v) is 2.57. The number of aliphatic hydroxyl groups is 1. The molecular formula is C11H25NO. The second-order valence-corrected chi connectivity index (χ2v) is 3.84. The maximum Gasteiger partial charge on any atom is 0.115 e. The van der Waals surface area contributed by atoms with E-state index in [0.29, 0.717) is 0 Å². The molecule has 80 valence electrons. The van der Waals surface area contributed by atoms with Gasteiger partial charge in [0.1, 0.15) is 5.72 Å². The second-order valence-electron chi connectivity index (χ2n) is 3.84. The van der Waals surface area contributed by atoms with Crippen LogP contribution in [0, 0.1) is 0 Å². The normalized spacial score (nSPS) is 15.7. The van der Waals surface area contributed by atoms with E-state index < -0.39 is 5.72 Å². The summed E-state index contributed by atoms with van der Waals surface area (Å²) < 4.78 is 0. The first-order valence-corrected chi connectivity index (χ1v) is 5.59. The molecule has 13 heavy (non-hydrogen) atoms. The standard InChI is InChI=1S/C11H25NO/c1-4-6-7-8-10-11(13,12-3)9-5-2/h12-13H,4-10H2,1-3H3. The Morgan fingerprint density at radius 1 is 1.00 bits per heavy atom. The van der Waals surface area contributed by atoms with Gasteiger partial charge in [-0.3, -0.25) is 5.32 Å². The summed E-state index contributed by atoms with van der Waals surface area (Å²) in [6.07, 6.45) is 7.69. The Kier molecular flexibility index (Phi) is 7.29. The van der Waals surface area contributed by atoms with Crippen LogP contribution in [0.15, 0.2) is 0 Å². The topological polar surface area (TPSA) is 32.3 Å². The summed E-state index contributed by atoms with van der Waals surface area (Å²) in [5.74, 6) is 0. The number of hydrogen-bond acceptors (Lipinski definition) is 2. The molecular weight excluding hydrogens is 162 g/mol. The highest BCUT2D eigenvalue weighted by atomic mass is 16.3. The van der Waals surface area contributed by atoms with Crippen molar-refractivity contribution < 1.29 is 5.11 Å². The highest BCUT2D eigenvalue weighted by Gasteiger charge is 2.21. The molecule has 2 nitrogen and oxygen atoms in total. The van der Waals surface area contributed by atoms with Gasteiger partial charge in [0, 0.05) is 0 Å². The predicted molar refractivity (Wildman–Crippen MR) is 57.7 cm³/mol. The molecule has 2 N–H and O–H groups in total. The van der Waals surface area contributed by atoms with Crippen LogP contribution in [0.5, 0.6) is 0 Å². The molecule has 0 radical (unpaired) electrons. The maximum atomic E-state index is 10.0. The smallest absolute Gasteiger partial charge is 0.115 e. The molecule has 0 aliphatic heterocycles. The van der Waals surface area contributed by atoms with Crippen LogP contribution in [-0.4, -0.2) is 17.9 Å². The minimum Gasteiger partial charge on any atom is -0.376 e. The minimum atomic E-state index is -0.609. The van der Waals surface area contributed by atoms with Crippen LogP contribution in [0.25, 0.3) is 0 Å². The Labute approximate surface area is 82.7 Å². The molecule has 0 aliphatic rings. The molecule has 0 aliphatic carbocycles. The fourth-order valence-corrected chi connectivity index (χ4v) is 1.63. The zero-order valence-corrected chi connectivity index (χ0v) is 9.40. The Balaban J connectivity index is 3.57. The molecule has 0 saturated carbocycles. The monoisotopic (exact) mass is 187 g/mol. The van der Waals surface area contributed by atoms with E-state index in [-0.39, 0.29) is 0 Å². The third-order valence-electron chi connectivity index (χ3n) is 2.57. The molecule has 0 heterocycles. The summed E-state index contributed by atoms with van der Waals surface area (Å²) in [7, 11) is 1.84. The van der Waals surface area contributed by atoms with E-state index in [1.165, 1.54) is 19.3 Å². The molecule has 0 fully saturated rings. The molecule has 0 amide bonds. The Morgan fingerprint density at radius 3 is 2.15 bits per heavy atom. The van der Waals surface area contributed by atoms with Gasteiger partial charge in [0.2, 0.25) is 0 Å². The van der Waals surface area contributed by atoms with Gasteiger partial charge in [-0.1, -0.05) is 39.5 Å². The minimum absolute atomic E-state index is 0.609. The number of nitrogens with one attached hydrogen (secondary N) is 1. The third kappa shape index (κ3) is 6.05. The van der Waals surface area contributed by atoms with Gasteiger partial charge < -0.3 is 5.11 Å². The van der Waals surface area contributed by atoms with Crippen molar-refractivity contribution in [3.8, 4) is 0 Å². The first kappa shape index (κ1) is 12.9. The highest BCUT2D eigenvalue weighted by molar-refractivity contribution is 4.72. The molecule has 0 aromatic heterocycles. The molecule has 0 aromatic rings. The van der Waals surface area contributed by atoms with Gasteiger partial charge in [0.15, 0.2) is 0 Å². The summed E-state index contributed by atoms with van der Waals surface area (Å²) in [5.41, 5.74) is -0.609. The van der Waals surface area contributed by atoms with Gasteiger partial charge in [-0.15, -0.1) is 0 Å². The van der Waals surface area contributed by atoms with Crippen LogP contribution in [0.4, 0.5) is 0 Å². The van der Waals surface area contributed by atoms with E-state index in [1.54, 1.807) is 0 Å². The lowest BCUT2D eigenvalue weighted by Crippen LogP contribution is -2.42. The first-order valence-electron chi connectivity index (χ1n) is 5.59. The Hall–Kier alpha value is -0.0800. The first-order chi connectivity index (χ1) is 6.18. The number of rotatable bonds is 8. The molecule has 1 unspecified atom stereocenters. The fourth-order valence-electron chi connectivity index (χ4n) is 1.63. The molecule has 0 saturated heterocycles. The molecule has 0 rings (SSSR count). The summed E-state index contributed by atoms with van der Waals surface area (Å²) in [6, 6.07) is 0. The van der Waals surface area contributed by atoms with Crippen molar-refractivity contribution >= 4 is 0 Å². The summed E-state index contributed by atoms with van der Waals surface area (Å²) >= 11 is 0. The molecule has 0 spiro atoms. The van der Waals surface area contributed by atoms with Crippen molar-refractivity contribution in [3.63, 3.8) is 0 Å². The van der Waals surface area contributed by atoms with E-state index in [0.717, 1.165) is 25.7 Å². The SMILES string of the molecule is CCCCCCC(O)(CCC)NC. The molecule has 1 atom stereocenters. The summed E-state index contributed by atoms with van der Waals surface area (Å²) in [4.78, 5) is 0. The number of unbranched alkanes of at least 4 members (excludes halogenated alkanes) is 3. The van der Waals surface area contributed by atoms with Gasteiger partial charge in [-0.25, -0.2) is 0 Å². The van der Waals surface area contributed by atoms with Gasteiger partial charge in [-0.2, -0.15) is 0 Å². The summed E-state index contributed by atoms with van der Waals surface area (Å²) in [5, 5.41) is 13.0. The zero-order valence-electron chi connectivity index (χ0n) is 9.40. The van der Waals surface area contributed by atoms with Crippen molar-refractivity contribution in [2.45, 2.75) is 64.5 Å². The van der Waals surface area contributed by atoms with Crippen molar-refractivity contribution in [1.82, 2.24) is 5.32 Å². The highest BCUT2D eigenvalue weighted by Crippen LogP contribution is 2.17. The van der Waals surface area contributed by atoms with Gasteiger partial charge in [0.05, 0.1) is 0 Å². The lowest BCUT2D eigenvalue weighted by Gasteiger charge is -2.27. The van der Waals surface area contributed by atoms with Crippen molar-refractivity contribution in [1.29, 1.82) is 0 Å². The Morgan fingerprint density at radius 2 is 1.69 bits per heavy atom. The quantitative estimate of drug-likeness (QED) is 0.452. The fraction of sp³-hybridized carbons (Fsp3) is 1.00. The van der Waals surface area contributed by atoms with Crippen molar-refractivity contribution in [2.75, 3.05) is 7.05 Å². The largest absolute Gasteiger partial charge is 0.376 e. The average Bonchev–Trinajstić information content (AvgIpc) is 2.13. The van der Waals surface area contributed by atoms with Crippen LogP contribution in [0.3, 0.4) is 0 Å². The van der Waals surface area contributed by atoms with E-state index in [1.807, 2.05) is 7.05 Å². The summed E-state index contributed by atoms with van der Waals surface area (Å²) in [6.45, 7) is 4.31. The van der Waals surface area contributed by atoms with Gasteiger partial charge >= 0.3 is 0 Å². The Bertz CT molecular complexity index is 117. The van der Waals surface area contributed by atoms with Crippen LogP contribution < -0.4 is 5.32 Å². The van der Waals surface area contributed by atoms with Crippen LogP contribution >= 0.6 is 0 Å². The van der Waals surface area contributed by atoms with Crippen molar-refractivity contribution in [3.05, 3.63) is 0 Å². The molecule has 0 aromatic carbocycles. The maximum absolute atomic E-state index is 10.0. The lowest BCUT2D eigenvalue weighted by atomic mass is 10.00. The van der Waals surface area contributed by atoms with E-state index in [9.17, 15) is 5.11 Å². The van der Waals surface area contributed by atoms with Crippen LogP contribution in [-0.2, 0) is 0 Å². The predicted octanol–water partition coefficient (Wildman–Crippen LogP) is 2.66. The zero-order chi connectivity index (χ0) is 10.2. The lowest BCUT2D eigenvalue weighted by molar-refractivity contribution is -0.00673. The van der Waals surface area contributed by atoms with E-state index in [4.69, 9.17) is 0 Å². The van der Waals surface area contributed by atoms with Gasteiger partial charge in [0.25, 0.3) is 0 Å². The van der Waals surface area contributed by atoms with Gasteiger partial charge in [-0.05, 0) is 26.3 Å². The molecule has 0 bridgehead atoms. The van der Waals surface area contributed by atoms with E-state index in [2.05, 4.69) is 19.2 Å². The second kappa shape index (κ2) is 7.34. The van der Waals surface area contributed by atoms with E-state index >= 15 is 0 Å². The average molecular weight is 187 g/mol.